The first-order valence-corrected chi connectivity index (χ1v) is 11.3. The van der Waals surface area contributed by atoms with Gasteiger partial charge in [-0.2, -0.15) is 0 Å². The Balaban J connectivity index is 1.52. The molecule has 1 amide bonds. The Kier molecular flexibility index (Phi) is 5.61. The summed E-state index contributed by atoms with van der Waals surface area (Å²) in [6, 6.07) is 10.5. The van der Waals surface area contributed by atoms with Crippen LogP contribution < -0.4 is 21.0 Å². The summed E-state index contributed by atoms with van der Waals surface area (Å²) in [6.45, 7) is 3.24. The second kappa shape index (κ2) is 8.56. The van der Waals surface area contributed by atoms with Crippen molar-refractivity contribution in [2.24, 2.45) is 0 Å². The van der Waals surface area contributed by atoms with Crippen LogP contribution in [0.1, 0.15) is 34.8 Å². The highest BCUT2D eigenvalue weighted by Gasteiger charge is 2.28. The fourth-order valence-electron chi connectivity index (χ4n) is 4.25. The summed E-state index contributed by atoms with van der Waals surface area (Å²) in [6.07, 6.45) is 3.58. The van der Waals surface area contributed by atoms with Gasteiger partial charge in [-0.15, -0.1) is 0 Å². The van der Waals surface area contributed by atoms with Crippen molar-refractivity contribution in [3.8, 4) is 0 Å². The zero-order chi connectivity index (χ0) is 22.2. The number of carbonyl (C=O) groups is 1. The minimum absolute atomic E-state index is 0.0285. The van der Waals surface area contributed by atoms with Crippen molar-refractivity contribution in [3.63, 3.8) is 0 Å². The predicted octanol–water partition coefficient (Wildman–Crippen LogP) is 3.47. The zero-order valence-corrected chi connectivity index (χ0v) is 18.3. The second-order valence-electron chi connectivity index (χ2n) is 8.38. The van der Waals surface area contributed by atoms with Crippen molar-refractivity contribution in [1.29, 1.82) is 0 Å². The van der Waals surface area contributed by atoms with Crippen LogP contribution in [0.2, 0.25) is 5.02 Å². The fraction of sp³-hybridized carbons (Fsp3) is 0.333. The first-order valence-electron chi connectivity index (χ1n) is 10.9. The van der Waals surface area contributed by atoms with Crippen molar-refractivity contribution in [2.45, 2.75) is 25.4 Å². The maximum absolute atomic E-state index is 15.0. The van der Waals surface area contributed by atoms with E-state index in [4.69, 9.17) is 11.6 Å². The highest BCUT2D eigenvalue weighted by molar-refractivity contribution is 6.30. The number of nitrogens with one attached hydrogen (secondary N) is 2. The molecule has 1 aliphatic carbocycles. The van der Waals surface area contributed by atoms with Gasteiger partial charge in [-0.1, -0.05) is 23.7 Å². The number of piperazine rings is 1. The molecule has 5 rings (SSSR count). The summed E-state index contributed by atoms with van der Waals surface area (Å²) in [5.41, 5.74) is 1.60. The second-order valence-corrected chi connectivity index (χ2v) is 8.82. The predicted molar refractivity (Wildman–Crippen MR) is 124 cm³/mol. The van der Waals surface area contributed by atoms with E-state index >= 15 is 4.39 Å². The van der Waals surface area contributed by atoms with Crippen LogP contribution in [0.15, 0.2) is 47.4 Å². The molecule has 2 fully saturated rings. The molecule has 2 heterocycles. The van der Waals surface area contributed by atoms with Crippen LogP contribution in [-0.4, -0.2) is 36.7 Å². The summed E-state index contributed by atoms with van der Waals surface area (Å²) >= 11 is 6.01. The molecule has 0 atom stereocenters. The average Bonchev–Trinajstić information content (AvgIpc) is 3.64. The highest BCUT2D eigenvalue weighted by Crippen LogP contribution is 2.38. The third-order valence-electron chi connectivity index (χ3n) is 6.09. The average molecular weight is 455 g/mol. The number of hydrogen-bond donors (Lipinski definition) is 2. The molecule has 0 radical (unpaired) electrons. The molecule has 1 aliphatic heterocycles. The summed E-state index contributed by atoms with van der Waals surface area (Å²) in [7, 11) is 0. The Hall–Kier alpha value is -2.90. The minimum atomic E-state index is -0.474. The van der Waals surface area contributed by atoms with E-state index < -0.39 is 17.2 Å². The lowest BCUT2D eigenvalue weighted by molar-refractivity contribution is 0.0949. The summed E-state index contributed by atoms with van der Waals surface area (Å²) in [4.78, 5) is 28.1. The van der Waals surface area contributed by atoms with Crippen LogP contribution in [0.5, 0.6) is 0 Å². The van der Waals surface area contributed by atoms with Gasteiger partial charge in [-0.3, -0.25) is 9.59 Å². The molecule has 1 saturated carbocycles. The number of nitrogens with zero attached hydrogens (tertiary/aromatic N) is 2. The van der Waals surface area contributed by atoms with Crippen LogP contribution in [-0.2, 0) is 6.54 Å². The number of aromatic nitrogens is 1. The van der Waals surface area contributed by atoms with Crippen molar-refractivity contribution in [2.75, 3.05) is 31.1 Å². The molecule has 0 bridgehead atoms. The van der Waals surface area contributed by atoms with Gasteiger partial charge in [0.2, 0.25) is 5.43 Å². The maximum atomic E-state index is 15.0. The standard InChI is InChI=1S/C24H24ClFN4O2/c25-16-3-1-2-15(10-16)13-28-24(32)19-14-30(17-4-5-17)21-12-22(29-8-6-27-7-9-29)20(26)11-18(21)23(19)31/h1-3,10-12,14,17,27H,4-9,13H2,(H,28,32). The molecule has 3 aromatic rings. The molecule has 2 N–H and O–H groups in total. The normalized spacial score (nSPS) is 16.4. The lowest BCUT2D eigenvalue weighted by Crippen LogP contribution is -2.44. The Bertz CT molecular complexity index is 1250. The smallest absolute Gasteiger partial charge is 0.257 e. The van der Waals surface area contributed by atoms with Gasteiger partial charge in [0.25, 0.3) is 5.91 Å². The summed E-state index contributed by atoms with van der Waals surface area (Å²) in [5, 5.41) is 6.88. The van der Waals surface area contributed by atoms with Crippen LogP contribution >= 0.6 is 11.6 Å². The van der Waals surface area contributed by atoms with E-state index in [1.807, 2.05) is 15.5 Å². The number of amides is 1. The van der Waals surface area contributed by atoms with E-state index in [1.54, 1.807) is 30.5 Å². The number of carbonyl (C=O) groups excluding carboxylic acids is 1. The number of hydrogen-bond acceptors (Lipinski definition) is 4. The van der Waals surface area contributed by atoms with Crippen molar-refractivity contribution >= 4 is 34.1 Å². The molecule has 0 spiro atoms. The van der Waals surface area contributed by atoms with E-state index in [9.17, 15) is 9.59 Å². The SMILES string of the molecule is O=C(NCc1cccc(Cl)c1)c1cn(C2CC2)c2cc(N3CCNCC3)c(F)cc2c1=O. The lowest BCUT2D eigenvalue weighted by atomic mass is 10.1. The fourth-order valence-corrected chi connectivity index (χ4v) is 4.46. The van der Waals surface area contributed by atoms with Crippen molar-refractivity contribution in [1.82, 2.24) is 15.2 Å². The third kappa shape index (κ3) is 4.10. The number of benzene rings is 2. The van der Waals surface area contributed by atoms with Gasteiger partial charge in [0.1, 0.15) is 11.4 Å². The van der Waals surface area contributed by atoms with Crippen LogP contribution in [0.4, 0.5) is 10.1 Å². The van der Waals surface area contributed by atoms with E-state index in [-0.39, 0.29) is 23.5 Å². The third-order valence-corrected chi connectivity index (χ3v) is 6.32. The first-order chi connectivity index (χ1) is 15.5. The van der Waals surface area contributed by atoms with Gasteiger partial charge in [0.05, 0.1) is 11.2 Å². The number of halogens is 2. The summed E-state index contributed by atoms with van der Waals surface area (Å²) in [5.74, 6) is -0.909. The monoisotopic (exact) mass is 454 g/mol. The number of rotatable bonds is 5. The molecule has 8 heteroatoms. The molecule has 2 aliphatic rings. The Morgan fingerprint density at radius 2 is 1.97 bits per heavy atom. The number of pyridine rings is 1. The molecule has 1 aromatic heterocycles. The van der Waals surface area contributed by atoms with Gasteiger partial charge in [-0.25, -0.2) is 4.39 Å². The molecule has 6 nitrogen and oxygen atoms in total. The van der Waals surface area contributed by atoms with Gasteiger partial charge in [-0.05, 0) is 42.7 Å². The topological polar surface area (TPSA) is 66.4 Å². The first kappa shape index (κ1) is 21.0. The zero-order valence-electron chi connectivity index (χ0n) is 17.5. The Morgan fingerprint density at radius 1 is 1.19 bits per heavy atom. The van der Waals surface area contributed by atoms with Crippen molar-refractivity contribution in [3.05, 3.63) is 74.8 Å². The molecular formula is C24H24ClFN4O2. The highest BCUT2D eigenvalue weighted by atomic mass is 35.5. The number of fused-ring (bicyclic) bond motifs is 1. The molecular weight excluding hydrogens is 431 g/mol. The van der Waals surface area contributed by atoms with E-state index in [0.29, 0.717) is 29.3 Å². The maximum Gasteiger partial charge on any atom is 0.257 e. The van der Waals surface area contributed by atoms with E-state index in [2.05, 4.69) is 10.6 Å². The van der Waals surface area contributed by atoms with E-state index in [1.165, 1.54) is 6.07 Å². The molecule has 166 valence electrons. The van der Waals surface area contributed by atoms with Crippen LogP contribution in [0, 0.1) is 5.82 Å². The van der Waals surface area contributed by atoms with Gasteiger partial charge < -0.3 is 20.1 Å². The molecule has 1 saturated heterocycles. The van der Waals surface area contributed by atoms with E-state index in [0.717, 1.165) is 31.5 Å². The molecule has 0 unspecified atom stereocenters. The Morgan fingerprint density at radius 3 is 2.69 bits per heavy atom. The number of anilines is 1. The lowest BCUT2D eigenvalue weighted by Gasteiger charge is -2.30. The van der Waals surface area contributed by atoms with Crippen LogP contribution in [0.25, 0.3) is 10.9 Å². The quantitative estimate of drug-likeness (QED) is 0.619. The van der Waals surface area contributed by atoms with Crippen LogP contribution in [0.3, 0.4) is 0 Å². The van der Waals surface area contributed by atoms with Gasteiger partial charge in [0.15, 0.2) is 0 Å². The molecule has 32 heavy (non-hydrogen) atoms. The summed E-state index contributed by atoms with van der Waals surface area (Å²) < 4.78 is 17.0. The van der Waals surface area contributed by atoms with Gasteiger partial charge in [0, 0.05) is 55.4 Å². The van der Waals surface area contributed by atoms with Crippen molar-refractivity contribution < 1.29 is 9.18 Å². The minimum Gasteiger partial charge on any atom is -0.367 e. The Labute approximate surface area is 190 Å². The largest absolute Gasteiger partial charge is 0.367 e. The van der Waals surface area contributed by atoms with Gasteiger partial charge >= 0.3 is 0 Å². The molecule has 2 aromatic carbocycles.